The second-order valence-electron chi connectivity index (χ2n) is 6.87. The van der Waals surface area contributed by atoms with E-state index in [1.54, 1.807) is 13.2 Å². The van der Waals surface area contributed by atoms with Gasteiger partial charge in [-0.3, -0.25) is 4.79 Å². The van der Waals surface area contributed by atoms with Gasteiger partial charge >= 0.3 is 0 Å². The molecule has 4 rings (SSSR count). The number of methoxy groups -OCH3 is 1. The molecular formula is C19H21NO5. The lowest BCUT2D eigenvalue weighted by molar-refractivity contribution is -0.122. The topological polar surface area (TPSA) is 74.2 Å². The van der Waals surface area contributed by atoms with Gasteiger partial charge in [-0.2, -0.15) is 4.91 Å². The summed E-state index contributed by atoms with van der Waals surface area (Å²) in [5.74, 6) is 1.17. The van der Waals surface area contributed by atoms with Gasteiger partial charge in [-0.05, 0) is 31.1 Å². The Labute approximate surface area is 146 Å². The largest absolute Gasteiger partial charge is 0.493 e. The average Bonchev–Trinajstić information content (AvgIpc) is 2.62. The summed E-state index contributed by atoms with van der Waals surface area (Å²) in [5.41, 5.74) is 1.57. The Morgan fingerprint density at radius 3 is 2.92 bits per heavy atom. The van der Waals surface area contributed by atoms with Crippen molar-refractivity contribution < 1.29 is 19.0 Å². The van der Waals surface area contributed by atoms with Crippen LogP contribution in [0.4, 0.5) is 0 Å². The van der Waals surface area contributed by atoms with Gasteiger partial charge in [-0.25, -0.2) is 0 Å². The van der Waals surface area contributed by atoms with Gasteiger partial charge in [0, 0.05) is 36.3 Å². The number of benzene rings is 1. The predicted octanol–water partition coefficient (Wildman–Crippen LogP) is 2.91. The molecule has 3 aliphatic rings. The van der Waals surface area contributed by atoms with Crippen molar-refractivity contribution in [3.63, 3.8) is 0 Å². The van der Waals surface area contributed by atoms with E-state index in [0.29, 0.717) is 37.4 Å². The number of allylic oxidation sites excluding steroid dienone is 2. The van der Waals surface area contributed by atoms with Crippen molar-refractivity contribution in [3.05, 3.63) is 40.3 Å². The van der Waals surface area contributed by atoms with Crippen LogP contribution < -0.4 is 9.47 Å². The Kier molecular flexibility index (Phi) is 3.87. The number of carbonyl (C=O) groups is 1. The third-order valence-electron chi connectivity index (χ3n) is 5.68. The van der Waals surface area contributed by atoms with Gasteiger partial charge in [-0.15, -0.1) is 0 Å². The first kappa shape index (κ1) is 16.3. The molecule has 0 bridgehead atoms. The molecule has 1 aromatic carbocycles. The fourth-order valence-electron chi connectivity index (χ4n) is 4.67. The highest BCUT2D eigenvalue weighted by molar-refractivity contribution is 5.92. The molecule has 0 saturated heterocycles. The summed E-state index contributed by atoms with van der Waals surface area (Å²) in [6.07, 6.45) is 4.53. The van der Waals surface area contributed by atoms with Crippen molar-refractivity contribution in [1.82, 2.24) is 0 Å². The zero-order chi connectivity index (χ0) is 17.6. The number of carbonyl (C=O) groups excluding carboxylic acids is 1. The lowest BCUT2D eigenvalue weighted by Gasteiger charge is -2.51. The molecule has 0 aromatic heterocycles. The van der Waals surface area contributed by atoms with Crippen molar-refractivity contribution in [2.24, 2.45) is 11.1 Å². The van der Waals surface area contributed by atoms with Gasteiger partial charge in [0.1, 0.15) is 6.04 Å². The molecule has 1 spiro atoms. The Morgan fingerprint density at radius 1 is 1.36 bits per heavy atom. The highest BCUT2D eigenvalue weighted by atomic mass is 16.7. The molecule has 0 N–H and O–H groups in total. The van der Waals surface area contributed by atoms with Crippen LogP contribution in [-0.4, -0.2) is 31.8 Å². The molecule has 0 amide bonds. The third kappa shape index (κ3) is 2.31. The van der Waals surface area contributed by atoms with E-state index < -0.39 is 17.7 Å². The Bertz CT molecular complexity index is 758. The monoisotopic (exact) mass is 343 g/mol. The van der Waals surface area contributed by atoms with E-state index in [-0.39, 0.29) is 11.7 Å². The zero-order valence-corrected chi connectivity index (χ0v) is 14.4. The molecule has 0 radical (unpaired) electrons. The maximum absolute atomic E-state index is 12.1. The second-order valence-corrected chi connectivity index (χ2v) is 6.87. The van der Waals surface area contributed by atoms with E-state index in [4.69, 9.17) is 14.2 Å². The number of nitrogens with zero attached hydrogens (tertiary/aromatic N) is 1. The first-order valence-corrected chi connectivity index (χ1v) is 8.66. The molecule has 25 heavy (non-hydrogen) atoms. The summed E-state index contributed by atoms with van der Waals surface area (Å²) in [6.45, 7) is 2.43. The van der Waals surface area contributed by atoms with Gasteiger partial charge in [-0.1, -0.05) is 17.3 Å². The van der Waals surface area contributed by atoms with E-state index in [0.717, 1.165) is 11.1 Å². The standard InChI is InChI=1S/C19H21NO5/c1-3-24-16-10-19-7-6-12(21)9-13(19)14(20-22)8-11-4-5-15(23-2)18(25-16)17(11)19/h4-7,13-14,16H,3,8-10H2,1-2H3/t13-,14+,16+,19+/m0/s1. The molecule has 2 aliphatic carbocycles. The van der Waals surface area contributed by atoms with Crippen LogP contribution in [0.5, 0.6) is 11.5 Å². The highest BCUT2D eigenvalue weighted by Gasteiger charge is 2.55. The van der Waals surface area contributed by atoms with Gasteiger partial charge in [0.15, 0.2) is 17.3 Å². The number of ether oxygens (including phenoxy) is 3. The Hall–Kier alpha value is -2.21. The van der Waals surface area contributed by atoms with Gasteiger partial charge in [0.2, 0.25) is 6.29 Å². The number of ketones is 1. The molecule has 0 fully saturated rings. The summed E-state index contributed by atoms with van der Waals surface area (Å²) in [7, 11) is 1.61. The van der Waals surface area contributed by atoms with Crippen molar-refractivity contribution in [2.75, 3.05) is 13.7 Å². The summed E-state index contributed by atoms with van der Waals surface area (Å²) >= 11 is 0. The van der Waals surface area contributed by atoms with Gasteiger partial charge in [0.25, 0.3) is 0 Å². The summed E-state index contributed by atoms with van der Waals surface area (Å²) in [4.78, 5) is 23.6. The fourth-order valence-corrected chi connectivity index (χ4v) is 4.67. The summed E-state index contributed by atoms with van der Waals surface area (Å²) in [6, 6.07) is 3.40. The molecular weight excluding hydrogens is 322 g/mol. The van der Waals surface area contributed by atoms with Gasteiger partial charge < -0.3 is 14.2 Å². The molecule has 0 saturated carbocycles. The molecule has 4 atom stereocenters. The Balaban J connectivity index is 1.97. The maximum atomic E-state index is 12.1. The first-order chi connectivity index (χ1) is 12.1. The zero-order valence-electron chi connectivity index (χ0n) is 14.4. The van der Waals surface area contributed by atoms with E-state index >= 15 is 0 Å². The molecule has 1 aromatic rings. The van der Waals surface area contributed by atoms with E-state index in [2.05, 4.69) is 5.18 Å². The number of hydrogen-bond donors (Lipinski definition) is 0. The summed E-state index contributed by atoms with van der Waals surface area (Å²) < 4.78 is 17.4. The smallest absolute Gasteiger partial charge is 0.201 e. The Morgan fingerprint density at radius 2 is 2.20 bits per heavy atom. The lowest BCUT2D eigenvalue weighted by atomic mass is 9.55. The van der Waals surface area contributed by atoms with Crippen LogP contribution >= 0.6 is 0 Å². The van der Waals surface area contributed by atoms with Crippen LogP contribution in [0.2, 0.25) is 0 Å². The van der Waals surface area contributed by atoms with Crippen LogP contribution in [0.25, 0.3) is 0 Å². The van der Waals surface area contributed by atoms with Crippen LogP contribution in [0.1, 0.15) is 30.9 Å². The molecule has 132 valence electrons. The minimum atomic E-state index is -0.484. The van der Waals surface area contributed by atoms with E-state index in [1.165, 1.54) is 0 Å². The van der Waals surface area contributed by atoms with Crippen LogP contribution in [-0.2, 0) is 21.4 Å². The fraction of sp³-hybridized carbons (Fsp3) is 0.526. The quantitative estimate of drug-likeness (QED) is 0.786. The predicted molar refractivity (Wildman–Crippen MR) is 90.9 cm³/mol. The van der Waals surface area contributed by atoms with E-state index in [9.17, 15) is 9.70 Å². The number of hydrogen-bond acceptors (Lipinski definition) is 6. The molecule has 6 nitrogen and oxygen atoms in total. The van der Waals surface area contributed by atoms with Crippen molar-refractivity contribution >= 4 is 5.78 Å². The van der Waals surface area contributed by atoms with E-state index in [1.807, 2.05) is 25.1 Å². The van der Waals surface area contributed by atoms with Crippen molar-refractivity contribution in [3.8, 4) is 11.5 Å². The SMILES string of the molecule is CCO[C@H]1C[C@]23C=CC(=O)C[C@H]2[C@H](N=O)Cc2ccc(OC)c(c23)O1. The number of nitroso groups, excluding NO2 is 1. The average molecular weight is 343 g/mol. The minimum absolute atomic E-state index is 0.0385. The second kappa shape index (κ2) is 5.95. The molecule has 1 heterocycles. The number of rotatable bonds is 4. The van der Waals surface area contributed by atoms with Crippen molar-refractivity contribution in [2.45, 2.75) is 43.9 Å². The maximum Gasteiger partial charge on any atom is 0.201 e. The third-order valence-corrected chi connectivity index (χ3v) is 5.68. The van der Waals surface area contributed by atoms with Crippen LogP contribution in [0.15, 0.2) is 29.5 Å². The lowest BCUT2D eigenvalue weighted by Crippen LogP contribution is -2.53. The van der Waals surface area contributed by atoms with Crippen molar-refractivity contribution in [1.29, 1.82) is 0 Å². The first-order valence-electron chi connectivity index (χ1n) is 8.66. The molecule has 1 aliphatic heterocycles. The minimum Gasteiger partial charge on any atom is -0.493 e. The van der Waals surface area contributed by atoms with Crippen LogP contribution in [0, 0.1) is 10.8 Å². The highest BCUT2D eigenvalue weighted by Crippen LogP contribution is 2.57. The molecule has 6 heteroatoms. The summed E-state index contributed by atoms with van der Waals surface area (Å²) in [5, 5.41) is 3.38. The normalized spacial score (nSPS) is 32.4. The van der Waals surface area contributed by atoms with Crippen LogP contribution in [0.3, 0.4) is 0 Å². The van der Waals surface area contributed by atoms with Gasteiger partial charge in [0.05, 0.1) is 7.11 Å². The molecule has 0 unspecified atom stereocenters.